The Morgan fingerprint density at radius 3 is 2.32 bits per heavy atom. The molecule has 0 heterocycles. The first-order chi connectivity index (χ1) is 9.00. The van der Waals surface area contributed by atoms with Crippen LogP contribution in [0, 0.1) is 5.41 Å². The van der Waals surface area contributed by atoms with Crippen molar-refractivity contribution in [3.63, 3.8) is 0 Å². The molecule has 19 heavy (non-hydrogen) atoms. The maximum atomic E-state index is 6.08. The second-order valence-corrected chi connectivity index (χ2v) is 6.57. The topological polar surface area (TPSA) is 35.2 Å². The average molecular weight is 261 g/mol. The lowest BCUT2D eigenvalue weighted by Gasteiger charge is -2.34. The van der Waals surface area contributed by atoms with E-state index in [2.05, 4.69) is 45.0 Å². The number of benzene rings is 1. The fraction of sp³-hybridized carbons (Fsp3) is 0.647. The van der Waals surface area contributed by atoms with Gasteiger partial charge in [0.25, 0.3) is 0 Å². The fourth-order valence-electron chi connectivity index (χ4n) is 2.71. The summed E-state index contributed by atoms with van der Waals surface area (Å²) in [5.74, 6) is 0.983. The minimum atomic E-state index is 0.143. The third kappa shape index (κ3) is 3.97. The first kappa shape index (κ1) is 14.4. The zero-order valence-corrected chi connectivity index (χ0v) is 12.5. The Labute approximate surface area is 117 Å². The predicted octanol–water partition coefficient (Wildman–Crippen LogP) is 4.44. The van der Waals surface area contributed by atoms with Gasteiger partial charge in [-0.2, -0.15) is 0 Å². The molecule has 1 aliphatic rings. The molecule has 1 atom stereocenters. The molecule has 1 aliphatic carbocycles. The van der Waals surface area contributed by atoms with Crippen molar-refractivity contribution in [1.29, 1.82) is 0 Å². The van der Waals surface area contributed by atoms with E-state index in [4.69, 9.17) is 10.5 Å². The minimum Gasteiger partial charge on any atom is -0.490 e. The van der Waals surface area contributed by atoms with E-state index in [1.807, 2.05) is 0 Å². The summed E-state index contributed by atoms with van der Waals surface area (Å²) >= 11 is 0. The molecule has 1 aromatic carbocycles. The summed E-state index contributed by atoms with van der Waals surface area (Å²) in [6, 6.07) is 8.45. The molecule has 2 N–H and O–H groups in total. The van der Waals surface area contributed by atoms with Crippen molar-refractivity contribution in [3.05, 3.63) is 29.8 Å². The second-order valence-electron chi connectivity index (χ2n) is 6.57. The third-order valence-electron chi connectivity index (χ3n) is 4.34. The molecule has 106 valence electrons. The van der Waals surface area contributed by atoms with Crippen molar-refractivity contribution < 1.29 is 4.74 Å². The van der Waals surface area contributed by atoms with Crippen molar-refractivity contribution in [2.75, 3.05) is 0 Å². The third-order valence-corrected chi connectivity index (χ3v) is 4.34. The van der Waals surface area contributed by atoms with E-state index >= 15 is 0 Å². The van der Waals surface area contributed by atoms with Crippen LogP contribution in [0.25, 0.3) is 0 Å². The highest BCUT2D eigenvalue weighted by Crippen LogP contribution is 2.36. The Hall–Kier alpha value is -1.02. The molecule has 0 spiro atoms. The van der Waals surface area contributed by atoms with Crippen molar-refractivity contribution in [3.8, 4) is 5.75 Å². The maximum absolute atomic E-state index is 6.08. The van der Waals surface area contributed by atoms with Crippen molar-refractivity contribution >= 4 is 0 Å². The summed E-state index contributed by atoms with van der Waals surface area (Å²) in [6.45, 7) is 6.81. The van der Waals surface area contributed by atoms with E-state index in [0.29, 0.717) is 11.5 Å². The highest BCUT2D eigenvalue weighted by molar-refractivity contribution is 5.29. The summed E-state index contributed by atoms with van der Waals surface area (Å²) in [6.07, 6.45) is 6.22. The molecule has 0 saturated heterocycles. The van der Waals surface area contributed by atoms with Gasteiger partial charge in [0.15, 0.2) is 0 Å². The second kappa shape index (κ2) is 5.96. The van der Waals surface area contributed by atoms with Gasteiger partial charge < -0.3 is 10.5 Å². The summed E-state index contributed by atoms with van der Waals surface area (Å²) in [7, 11) is 0. The normalized spacial score (nSPS) is 21.1. The van der Waals surface area contributed by atoms with Crippen LogP contribution in [-0.4, -0.2) is 6.10 Å². The first-order valence-electron chi connectivity index (χ1n) is 7.52. The molecule has 2 heteroatoms. The van der Waals surface area contributed by atoms with Crippen molar-refractivity contribution in [2.24, 2.45) is 11.1 Å². The fourth-order valence-corrected chi connectivity index (χ4v) is 2.71. The predicted molar refractivity (Wildman–Crippen MR) is 80.3 cm³/mol. The van der Waals surface area contributed by atoms with Crippen molar-refractivity contribution in [1.82, 2.24) is 0 Å². The van der Waals surface area contributed by atoms with Gasteiger partial charge in [-0.05, 0) is 55.2 Å². The number of ether oxygens (including phenoxy) is 1. The van der Waals surface area contributed by atoms with E-state index in [9.17, 15) is 0 Å². The summed E-state index contributed by atoms with van der Waals surface area (Å²) in [5, 5.41) is 0. The molecule has 0 bridgehead atoms. The molecule has 1 unspecified atom stereocenters. The van der Waals surface area contributed by atoms with Gasteiger partial charge in [0, 0.05) is 6.04 Å². The monoisotopic (exact) mass is 261 g/mol. The Balaban J connectivity index is 1.90. The standard InChI is InChI=1S/C17H27NO/c1-4-16(18)13-5-7-14(8-6-13)19-15-9-11-17(2,3)12-10-15/h5-8,15-16H,4,9-12,18H2,1-3H3. The molecule has 0 radical (unpaired) electrons. The number of hydrogen-bond acceptors (Lipinski definition) is 2. The van der Waals surface area contributed by atoms with E-state index in [1.54, 1.807) is 0 Å². The molecular weight excluding hydrogens is 234 g/mol. The van der Waals surface area contributed by atoms with Gasteiger partial charge >= 0.3 is 0 Å². The molecule has 1 fully saturated rings. The zero-order chi connectivity index (χ0) is 13.9. The summed E-state index contributed by atoms with van der Waals surface area (Å²) in [5.41, 5.74) is 7.71. The molecule has 1 aromatic rings. The van der Waals surface area contributed by atoms with Crippen molar-refractivity contribution in [2.45, 2.75) is 65.0 Å². The van der Waals surface area contributed by atoms with Gasteiger partial charge in [-0.25, -0.2) is 0 Å². The zero-order valence-electron chi connectivity index (χ0n) is 12.5. The Kier molecular flexibility index (Phi) is 4.51. The Bertz CT molecular complexity index is 386. The SMILES string of the molecule is CCC(N)c1ccc(OC2CCC(C)(C)CC2)cc1. The highest BCUT2D eigenvalue weighted by atomic mass is 16.5. The lowest BCUT2D eigenvalue weighted by Crippen LogP contribution is -2.28. The van der Waals surface area contributed by atoms with Crippen LogP contribution in [0.5, 0.6) is 5.75 Å². The molecule has 2 nitrogen and oxygen atoms in total. The van der Waals surface area contributed by atoms with Gasteiger partial charge in [-0.15, -0.1) is 0 Å². The van der Waals surface area contributed by atoms with Gasteiger partial charge in [-0.3, -0.25) is 0 Å². The van der Waals surface area contributed by atoms with Crippen LogP contribution in [0.3, 0.4) is 0 Å². The largest absolute Gasteiger partial charge is 0.490 e. The van der Waals surface area contributed by atoms with Crippen LogP contribution in [0.4, 0.5) is 0 Å². The lowest BCUT2D eigenvalue weighted by molar-refractivity contribution is 0.0987. The number of nitrogens with two attached hydrogens (primary N) is 1. The molecular formula is C17H27NO. The molecule has 0 aliphatic heterocycles. The summed E-state index contributed by atoms with van der Waals surface area (Å²) < 4.78 is 6.08. The van der Waals surface area contributed by atoms with Crippen LogP contribution in [0.1, 0.15) is 64.5 Å². The van der Waals surface area contributed by atoms with Gasteiger partial charge in [0.2, 0.25) is 0 Å². The van der Waals surface area contributed by atoms with Gasteiger partial charge in [-0.1, -0.05) is 32.9 Å². The van der Waals surface area contributed by atoms with E-state index < -0.39 is 0 Å². The molecule has 0 amide bonds. The van der Waals surface area contributed by atoms with Crippen LogP contribution >= 0.6 is 0 Å². The lowest BCUT2D eigenvalue weighted by atomic mass is 9.76. The number of hydrogen-bond donors (Lipinski definition) is 1. The van der Waals surface area contributed by atoms with Crippen LogP contribution in [0.2, 0.25) is 0 Å². The number of rotatable bonds is 4. The first-order valence-corrected chi connectivity index (χ1v) is 7.52. The average Bonchev–Trinajstić information content (AvgIpc) is 2.41. The van der Waals surface area contributed by atoms with E-state index in [1.165, 1.54) is 31.2 Å². The van der Waals surface area contributed by atoms with Gasteiger partial charge in [0.05, 0.1) is 6.10 Å². The molecule has 0 aromatic heterocycles. The minimum absolute atomic E-state index is 0.143. The van der Waals surface area contributed by atoms with E-state index in [0.717, 1.165) is 12.2 Å². The Morgan fingerprint density at radius 1 is 1.21 bits per heavy atom. The van der Waals surface area contributed by atoms with Crippen LogP contribution in [0.15, 0.2) is 24.3 Å². The van der Waals surface area contributed by atoms with Crippen LogP contribution < -0.4 is 10.5 Å². The van der Waals surface area contributed by atoms with E-state index in [-0.39, 0.29) is 6.04 Å². The van der Waals surface area contributed by atoms with Gasteiger partial charge in [0.1, 0.15) is 5.75 Å². The smallest absolute Gasteiger partial charge is 0.119 e. The molecule has 2 rings (SSSR count). The summed E-state index contributed by atoms with van der Waals surface area (Å²) in [4.78, 5) is 0. The highest BCUT2D eigenvalue weighted by Gasteiger charge is 2.27. The quantitative estimate of drug-likeness (QED) is 0.869. The van der Waals surface area contributed by atoms with Crippen LogP contribution in [-0.2, 0) is 0 Å². The Morgan fingerprint density at radius 2 is 1.79 bits per heavy atom. The molecule has 1 saturated carbocycles. The maximum Gasteiger partial charge on any atom is 0.119 e.